The van der Waals surface area contributed by atoms with Crippen molar-refractivity contribution in [2.24, 2.45) is 5.92 Å². The molecule has 0 aromatic carbocycles. The number of allylic oxidation sites excluding steroid dienone is 1. The van der Waals surface area contributed by atoms with Gasteiger partial charge in [-0.25, -0.2) is 9.59 Å². The Labute approximate surface area is 102 Å². The Balaban J connectivity index is 0. The van der Waals surface area contributed by atoms with Crippen LogP contribution < -0.4 is 0 Å². The van der Waals surface area contributed by atoms with E-state index in [-0.39, 0.29) is 0 Å². The van der Waals surface area contributed by atoms with Crippen molar-refractivity contribution in [1.29, 1.82) is 0 Å². The molecule has 17 heavy (non-hydrogen) atoms. The largest absolute Gasteiger partial charge is 0.519 e. The van der Waals surface area contributed by atoms with Gasteiger partial charge in [-0.3, -0.25) is 0 Å². The fourth-order valence-corrected chi connectivity index (χ4v) is 0.349. The van der Waals surface area contributed by atoms with Crippen LogP contribution in [0.15, 0.2) is 25.3 Å². The summed E-state index contributed by atoms with van der Waals surface area (Å²) in [7, 11) is 0. The SMILES string of the molecule is C=CC(C)(C)OC(=O)OC(=O)O.C=CC(C)C. The molecule has 0 saturated heterocycles. The van der Waals surface area contributed by atoms with Crippen molar-refractivity contribution in [2.45, 2.75) is 33.3 Å². The van der Waals surface area contributed by atoms with E-state index in [0.717, 1.165) is 0 Å². The van der Waals surface area contributed by atoms with Crippen LogP contribution in [0.2, 0.25) is 0 Å². The molecular weight excluding hydrogens is 224 g/mol. The average Bonchev–Trinajstić information content (AvgIpc) is 2.16. The van der Waals surface area contributed by atoms with Crippen LogP contribution in [0.3, 0.4) is 0 Å². The van der Waals surface area contributed by atoms with Gasteiger partial charge in [0.2, 0.25) is 0 Å². The summed E-state index contributed by atoms with van der Waals surface area (Å²) in [4.78, 5) is 20.4. The van der Waals surface area contributed by atoms with E-state index in [4.69, 9.17) is 5.11 Å². The van der Waals surface area contributed by atoms with Crippen molar-refractivity contribution in [2.75, 3.05) is 0 Å². The zero-order valence-electron chi connectivity index (χ0n) is 10.7. The summed E-state index contributed by atoms with van der Waals surface area (Å²) in [5.74, 6) is 0.648. The molecule has 98 valence electrons. The smallest absolute Gasteiger partial charge is 0.449 e. The van der Waals surface area contributed by atoms with Gasteiger partial charge < -0.3 is 14.6 Å². The van der Waals surface area contributed by atoms with E-state index in [1.54, 1.807) is 13.8 Å². The molecule has 0 atom stereocenters. The van der Waals surface area contributed by atoms with Crippen molar-refractivity contribution in [1.82, 2.24) is 0 Å². The standard InChI is InChI=1S/C7H10O5.C5H10/c1-4-7(2,3)12-6(10)11-5(8)9;1-4-5(2)3/h4H,1H2,2-3H3,(H,8,9);4-5H,1H2,2-3H3. The minimum Gasteiger partial charge on any atom is -0.449 e. The third kappa shape index (κ3) is 14.2. The minimum atomic E-state index is -1.69. The van der Waals surface area contributed by atoms with Gasteiger partial charge in [-0.1, -0.05) is 26.5 Å². The fourth-order valence-electron chi connectivity index (χ4n) is 0.349. The number of carboxylic acid groups (broad SMARTS) is 1. The second-order valence-electron chi connectivity index (χ2n) is 4.01. The molecule has 5 heteroatoms. The van der Waals surface area contributed by atoms with Crippen LogP contribution in [0.5, 0.6) is 0 Å². The summed E-state index contributed by atoms with van der Waals surface area (Å²) in [6.07, 6.45) is 0.322. The summed E-state index contributed by atoms with van der Waals surface area (Å²) in [6.45, 7) is 14.2. The van der Waals surface area contributed by atoms with Crippen molar-refractivity contribution >= 4 is 12.3 Å². The number of rotatable bonds is 3. The highest BCUT2D eigenvalue weighted by Crippen LogP contribution is 2.10. The molecule has 0 heterocycles. The highest BCUT2D eigenvalue weighted by atomic mass is 16.8. The number of carbonyl (C=O) groups excluding carboxylic acids is 1. The van der Waals surface area contributed by atoms with Crippen LogP contribution in [-0.2, 0) is 9.47 Å². The van der Waals surface area contributed by atoms with Crippen LogP contribution in [0, 0.1) is 5.92 Å². The molecule has 0 aliphatic carbocycles. The normalized spacial score (nSPS) is 9.71. The van der Waals surface area contributed by atoms with E-state index in [9.17, 15) is 9.59 Å². The lowest BCUT2D eigenvalue weighted by Crippen LogP contribution is -2.26. The zero-order chi connectivity index (χ0) is 14.1. The number of hydrogen-bond acceptors (Lipinski definition) is 4. The first-order chi connectivity index (χ1) is 7.64. The number of hydrogen-bond donors (Lipinski definition) is 1. The monoisotopic (exact) mass is 244 g/mol. The van der Waals surface area contributed by atoms with Gasteiger partial charge in [0.1, 0.15) is 5.60 Å². The Morgan fingerprint density at radius 2 is 1.71 bits per heavy atom. The third-order valence-corrected chi connectivity index (χ3v) is 1.48. The van der Waals surface area contributed by atoms with Crippen LogP contribution in [0.4, 0.5) is 9.59 Å². The molecule has 0 aliphatic heterocycles. The van der Waals surface area contributed by atoms with E-state index in [1.165, 1.54) is 6.08 Å². The molecule has 5 nitrogen and oxygen atoms in total. The van der Waals surface area contributed by atoms with Gasteiger partial charge in [-0.2, -0.15) is 0 Å². The first-order valence-electron chi connectivity index (χ1n) is 5.04. The summed E-state index contributed by atoms with van der Waals surface area (Å²) >= 11 is 0. The van der Waals surface area contributed by atoms with Gasteiger partial charge in [0.05, 0.1) is 0 Å². The molecule has 0 spiro atoms. The Morgan fingerprint density at radius 1 is 1.29 bits per heavy atom. The van der Waals surface area contributed by atoms with Gasteiger partial charge in [0, 0.05) is 0 Å². The summed E-state index contributed by atoms with van der Waals surface area (Å²) in [5, 5.41) is 8.00. The maximum Gasteiger partial charge on any atom is 0.519 e. The molecule has 0 rings (SSSR count). The Bertz CT molecular complexity index is 279. The van der Waals surface area contributed by atoms with Gasteiger partial charge in [0.25, 0.3) is 0 Å². The second-order valence-corrected chi connectivity index (χ2v) is 4.01. The van der Waals surface area contributed by atoms with Crippen molar-refractivity contribution in [3.05, 3.63) is 25.3 Å². The molecule has 0 radical (unpaired) electrons. The first-order valence-corrected chi connectivity index (χ1v) is 5.04. The van der Waals surface area contributed by atoms with Crippen LogP contribution in [0.1, 0.15) is 27.7 Å². The molecule has 1 N–H and O–H groups in total. The second kappa shape index (κ2) is 8.38. The predicted octanol–water partition coefficient (Wildman–Crippen LogP) is 3.61. The fraction of sp³-hybridized carbons (Fsp3) is 0.500. The number of carbonyl (C=O) groups is 2. The average molecular weight is 244 g/mol. The van der Waals surface area contributed by atoms with Gasteiger partial charge in [0.15, 0.2) is 0 Å². The molecule has 0 amide bonds. The third-order valence-electron chi connectivity index (χ3n) is 1.48. The molecule has 0 aromatic heterocycles. The van der Waals surface area contributed by atoms with Crippen LogP contribution in [0.25, 0.3) is 0 Å². The topological polar surface area (TPSA) is 72.8 Å². The maximum absolute atomic E-state index is 10.6. The molecule has 0 saturated carbocycles. The van der Waals surface area contributed by atoms with Crippen LogP contribution >= 0.6 is 0 Å². The predicted molar refractivity (Wildman–Crippen MR) is 64.9 cm³/mol. The van der Waals surface area contributed by atoms with Crippen molar-refractivity contribution in [3.8, 4) is 0 Å². The van der Waals surface area contributed by atoms with E-state index in [1.807, 2.05) is 6.08 Å². The van der Waals surface area contributed by atoms with Gasteiger partial charge in [-0.15, -0.1) is 6.58 Å². The Hall–Kier alpha value is -1.78. The number of ether oxygens (including phenoxy) is 2. The molecule has 0 fully saturated rings. The molecule has 0 bridgehead atoms. The maximum atomic E-state index is 10.6. The van der Waals surface area contributed by atoms with Gasteiger partial charge >= 0.3 is 12.3 Å². The van der Waals surface area contributed by atoms with E-state index < -0.39 is 17.9 Å². The first kappa shape index (κ1) is 17.6. The van der Waals surface area contributed by atoms with Gasteiger partial charge in [-0.05, 0) is 25.8 Å². The summed E-state index contributed by atoms with van der Waals surface area (Å²) in [6, 6.07) is 0. The zero-order valence-corrected chi connectivity index (χ0v) is 10.7. The van der Waals surface area contributed by atoms with E-state index >= 15 is 0 Å². The lowest BCUT2D eigenvalue weighted by molar-refractivity contribution is 0.0124. The highest BCUT2D eigenvalue weighted by Gasteiger charge is 2.21. The summed E-state index contributed by atoms with van der Waals surface area (Å²) in [5.41, 5.74) is -0.924. The lowest BCUT2D eigenvalue weighted by Gasteiger charge is -2.18. The quantitative estimate of drug-likeness (QED) is 0.466. The van der Waals surface area contributed by atoms with Crippen LogP contribution in [-0.4, -0.2) is 23.0 Å². The lowest BCUT2D eigenvalue weighted by atomic mass is 10.1. The summed E-state index contributed by atoms with van der Waals surface area (Å²) < 4.78 is 8.23. The van der Waals surface area contributed by atoms with Crippen molar-refractivity contribution in [3.63, 3.8) is 0 Å². The van der Waals surface area contributed by atoms with E-state index in [0.29, 0.717) is 5.92 Å². The highest BCUT2D eigenvalue weighted by molar-refractivity contribution is 5.75. The molecule has 0 aliphatic rings. The molecular formula is C12H20O5. The van der Waals surface area contributed by atoms with Crippen molar-refractivity contribution < 1.29 is 24.2 Å². The van der Waals surface area contributed by atoms with E-state index in [2.05, 4.69) is 36.5 Å². The minimum absolute atomic E-state index is 0.648. The molecule has 0 unspecified atom stereocenters. The Morgan fingerprint density at radius 3 is 1.94 bits per heavy atom. The Kier molecular flexibility index (Phi) is 8.68. The molecule has 0 aromatic rings.